The SMILES string of the molecule is Cc1ccc(CC(O)c2ccc(C(F)F)cc2)c(Cl)c1. The molecule has 2 rings (SSSR count). The Morgan fingerprint density at radius 1 is 1.05 bits per heavy atom. The van der Waals surface area contributed by atoms with Crippen LogP contribution in [0.3, 0.4) is 0 Å². The third kappa shape index (κ3) is 3.56. The predicted octanol–water partition coefficient (Wildman–Crippen LogP) is 4.86. The highest BCUT2D eigenvalue weighted by atomic mass is 35.5. The topological polar surface area (TPSA) is 20.2 Å². The summed E-state index contributed by atoms with van der Waals surface area (Å²) in [6.07, 6.45) is -2.90. The highest BCUT2D eigenvalue weighted by molar-refractivity contribution is 6.31. The molecule has 0 aliphatic rings. The summed E-state index contributed by atoms with van der Waals surface area (Å²) in [4.78, 5) is 0. The van der Waals surface area contributed by atoms with Gasteiger partial charge in [-0.05, 0) is 29.7 Å². The molecule has 0 saturated heterocycles. The number of rotatable bonds is 4. The van der Waals surface area contributed by atoms with E-state index in [-0.39, 0.29) is 5.56 Å². The first-order valence-corrected chi connectivity index (χ1v) is 6.66. The van der Waals surface area contributed by atoms with Gasteiger partial charge in [0.2, 0.25) is 0 Å². The lowest BCUT2D eigenvalue weighted by Crippen LogP contribution is -2.02. The van der Waals surface area contributed by atoms with Crippen LogP contribution in [0.15, 0.2) is 42.5 Å². The fraction of sp³-hybridized carbons (Fsp3) is 0.250. The quantitative estimate of drug-likeness (QED) is 0.854. The average Bonchev–Trinajstić information content (AvgIpc) is 2.42. The summed E-state index contributed by atoms with van der Waals surface area (Å²) in [5.74, 6) is 0. The second-order valence-corrected chi connectivity index (χ2v) is 5.19. The first-order chi connectivity index (χ1) is 9.47. The van der Waals surface area contributed by atoms with Gasteiger partial charge in [0.1, 0.15) is 0 Å². The van der Waals surface area contributed by atoms with Gasteiger partial charge in [0.25, 0.3) is 6.43 Å². The molecule has 1 nitrogen and oxygen atoms in total. The molecule has 20 heavy (non-hydrogen) atoms. The number of halogens is 3. The Labute approximate surface area is 121 Å². The van der Waals surface area contributed by atoms with Crippen LogP contribution in [0.2, 0.25) is 5.02 Å². The number of aliphatic hydroxyl groups excluding tert-OH is 1. The molecule has 0 aromatic heterocycles. The Morgan fingerprint density at radius 2 is 1.65 bits per heavy atom. The molecular weight excluding hydrogens is 282 g/mol. The van der Waals surface area contributed by atoms with Crippen molar-refractivity contribution in [3.8, 4) is 0 Å². The van der Waals surface area contributed by atoms with Crippen LogP contribution in [0.4, 0.5) is 8.78 Å². The molecule has 106 valence electrons. The highest BCUT2D eigenvalue weighted by Crippen LogP contribution is 2.26. The van der Waals surface area contributed by atoms with Crippen LogP contribution >= 0.6 is 11.6 Å². The van der Waals surface area contributed by atoms with Gasteiger partial charge >= 0.3 is 0 Å². The first-order valence-electron chi connectivity index (χ1n) is 6.28. The molecule has 4 heteroatoms. The zero-order chi connectivity index (χ0) is 14.7. The number of alkyl halides is 2. The lowest BCUT2D eigenvalue weighted by molar-refractivity contribution is 0.151. The van der Waals surface area contributed by atoms with Crippen molar-refractivity contribution in [2.75, 3.05) is 0 Å². The molecular formula is C16H15ClF2O. The second kappa shape index (κ2) is 6.33. The molecule has 0 spiro atoms. The molecule has 0 aliphatic heterocycles. The lowest BCUT2D eigenvalue weighted by Gasteiger charge is -2.13. The number of aryl methyl sites for hydroxylation is 1. The summed E-state index contributed by atoms with van der Waals surface area (Å²) in [5, 5.41) is 10.8. The molecule has 2 aromatic rings. The minimum absolute atomic E-state index is 0.0469. The van der Waals surface area contributed by atoms with Gasteiger partial charge in [-0.15, -0.1) is 0 Å². The molecule has 0 radical (unpaired) electrons. The van der Waals surface area contributed by atoms with E-state index in [4.69, 9.17) is 11.6 Å². The van der Waals surface area contributed by atoms with Gasteiger partial charge in [-0.1, -0.05) is 48.0 Å². The zero-order valence-electron chi connectivity index (χ0n) is 11.0. The van der Waals surface area contributed by atoms with Gasteiger partial charge in [-0.2, -0.15) is 0 Å². The van der Waals surface area contributed by atoms with E-state index in [0.717, 1.165) is 11.1 Å². The van der Waals surface area contributed by atoms with E-state index in [1.165, 1.54) is 24.3 Å². The average molecular weight is 297 g/mol. The van der Waals surface area contributed by atoms with Crippen LogP contribution in [0.25, 0.3) is 0 Å². The Hall–Kier alpha value is -1.45. The van der Waals surface area contributed by atoms with Gasteiger partial charge in [0.05, 0.1) is 6.10 Å². The van der Waals surface area contributed by atoms with E-state index in [2.05, 4.69) is 0 Å². The maximum atomic E-state index is 12.5. The number of hydrogen-bond acceptors (Lipinski definition) is 1. The second-order valence-electron chi connectivity index (χ2n) is 4.78. The van der Waals surface area contributed by atoms with Gasteiger partial charge < -0.3 is 5.11 Å². The van der Waals surface area contributed by atoms with E-state index >= 15 is 0 Å². The van der Waals surface area contributed by atoms with Gasteiger partial charge in [-0.3, -0.25) is 0 Å². The summed E-state index contributed by atoms with van der Waals surface area (Å²) in [7, 11) is 0. The molecule has 0 fully saturated rings. The van der Waals surface area contributed by atoms with E-state index in [1.54, 1.807) is 0 Å². The van der Waals surface area contributed by atoms with Crippen LogP contribution in [0, 0.1) is 6.92 Å². The van der Waals surface area contributed by atoms with Gasteiger partial charge in [0.15, 0.2) is 0 Å². The number of hydrogen-bond donors (Lipinski definition) is 1. The zero-order valence-corrected chi connectivity index (χ0v) is 11.7. The Morgan fingerprint density at radius 3 is 2.20 bits per heavy atom. The molecule has 0 heterocycles. The van der Waals surface area contributed by atoms with E-state index in [0.29, 0.717) is 17.0 Å². The summed E-state index contributed by atoms with van der Waals surface area (Å²) in [5.41, 5.74) is 2.44. The van der Waals surface area contributed by atoms with E-state index in [9.17, 15) is 13.9 Å². The van der Waals surface area contributed by atoms with Crippen LogP contribution < -0.4 is 0 Å². The third-order valence-corrected chi connectivity index (χ3v) is 3.55. The maximum absolute atomic E-state index is 12.5. The normalized spacial score (nSPS) is 12.7. The van der Waals surface area contributed by atoms with Crippen LogP contribution in [0.1, 0.15) is 34.8 Å². The van der Waals surface area contributed by atoms with Crippen LogP contribution in [0.5, 0.6) is 0 Å². The summed E-state index contributed by atoms with van der Waals surface area (Å²) in [6, 6.07) is 11.3. The summed E-state index contributed by atoms with van der Waals surface area (Å²) >= 11 is 6.12. The van der Waals surface area contributed by atoms with Crippen LogP contribution in [-0.2, 0) is 6.42 Å². The molecule has 1 unspecified atom stereocenters. The largest absolute Gasteiger partial charge is 0.388 e. The predicted molar refractivity (Wildman–Crippen MR) is 76.3 cm³/mol. The fourth-order valence-corrected chi connectivity index (χ4v) is 2.32. The highest BCUT2D eigenvalue weighted by Gasteiger charge is 2.12. The Balaban J connectivity index is 2.13. The molecule has 2 aromatic carbocycles. The molecule has 1 atom stereocenters. The van der Waals surface area contributed by atoms with Crippen molar-refractivity contribution in [2.45, 2.75) is 25.9 Å². The number of benzene rings is 2. The Kier molecular flexibility index (Phi) is 4.73. The summed E-state index contributed by atoms with van der Waals surface area (Å²) < 4.78 is 24.9. The molecule has 0 saturated carbocycles. The van der Waals surface area contributed by atoms with Gasteiger partial charge in [-0.25, -0.2) is 8.78 Å². The third-order valence-electron chi connectivity index (χ3n) is 3.20. The number of aliphatic hydroxyl groups is 1. The lowest BCUT2D eigenvalue weighted by atomic mass is 9.99. The van der Waals surface area contributed by atoms with Crippen molar-refractivity contribution >= 4 is 11.6 Å². The maximum Gasteiger partial charge on any atom is 0.263 e. The van der Waals surface area contributed by atoms with Crippen molar-refractivity contribution in [1.82, 2.24) is 0 Å². The minimum Gasteiger partial charge on any atom is -0.388 e. The van der Waals surface area contributed by atoms with E-state index in [1.807, 2.05) is 25.1 Å². The molecule has 0 bridgehead atoms. The first kappa shape index (κ1) is 14.9. The van der Waals surface area contributed by atoms with Crippen molar-refractivity contribution in [3.05, 3.63) is 69.7 Å². The van der Waals surface area contributed by atoms with Crippen molar-refractivity contribution < 1.29 is 13.9 Å². The van der Waals surface area contributed by atoms with E-state index < -0.39 is 12.5 Å². The standard InChI is InChI=1S/C16H15ClF2O/c1-10-2-3-13(14(17)8-10)9-15(20)11-4-6-12(7-5-11)16(18)19/h2-8,15-16,20H,9H2,1H3. The summed E-state index contributed by atoms with van der Waals surface area (Å²) in [6.45, 7) is 1.94. The molecule has 0 aliphatic carbocycles. The van der Waals surface area contributed by atoms with Crippen LogP contribution in [-0.4, -0.2) is 5.11 Å². The fourth-order valence-electron chi connectivity index (χ4n) is 2.01. The molecule has 0 amide bonds. The molecule has 1 N–H and O–H groups in total. The van der Waals surface area contributed by atoms with Gasteiger partial charge in [0, 0.05) is 17.0 Å². The minimum atomic E-state index is -2.49. The Bertz CT molecular complexity index is 582. The van der Waals surface area contributed by atoms with Crippen molar-refractivity contribution in [1.29, 1.82) is 0 Å². The van der Waals surface area contributed by atoms with Crippen molar-refractivity contribution in [2.24, 2.45) is 0 Å². The van der Waals surface area contributed by atoms with Crippen molar-refractivity contribution in [3.63, 3.8) is 0 Å². The smallest absolute Gasteiger partial charge is 0.263 e. The monoisotopic (exact) mass is 296 g/mol.